The molecule has 4 heteroatoms. The molecule has 66 valence electrons. The number of amides is 1. The van der Waals surface area contributed by atoms with Crippen molar-refractivity contribution in [2.24, 2.45) is 0 Å². The van der Waals surface area contributed by atoms with Crippen LogP contribution in [0.2, 0.25) is 0 Å². The minimum absolute atomic E-state index is 0.620. The Morgan fingerprint density at radius 3 is 2.09 bits per heavy atom. The van der Waals surface area contributed by atoms with Crippen LogP contribution in [0.5, 0.6) is 0 Å². The molecule has 0 saturated carbocycles. The molecule has 0 radical (unpaired) electrons. The van der Waals surface area contributed by atoms with Crippen molar-refractivity contribution in [3.8, 4) is 0 Å². The smallest absolute Gasteiger partial charge is 0.407 e. The topological polar surface area (TPSA) is 52.6 Å². The molecule has 1 aliphatic rings. The zero-order valence-corrected chi connectivity index (χ0v) is 7.13. The molecule has 1 amide bonds. The van der Waals surface area contributed by atoms with Crippen molar-refractivity contribution in [1.82, 2.24) is 10.2 Å². The van der Waals surface area contributed by atoms with Crippen LogP contribution in [0.1, 0.15) is 13.8 Å². The second-order valence-electron chi connectivity index (χ2n) is 2.02. The molecule has 0 aromatic heterocycles. The third-order valence-electron chi connectivity index (χ3n) is 1.39. The highest BCUT2D eigenvalue weighted by Gasteiger charge is 2.13. The van der Waals surface area contributed by atoms with E-state index >= 15 is 0 Å². The van der Waals surface area contributed by atoms with Gasteiger partial charge in [0.2, 0.25) is 0 Å². The largest absolute Gasteiger partial charge is 0.465 e. The molecule has 1 saturated heterocycles. The number of nitrogens with one attached hydrogen (secondary N) is 1. The molecule has 0 atom stereocenters. The van der Waals surface area contributed by atoms with E-state index in [4.69, 9.17) is 5.11 Å². The van der Waals surface area contributed by atoms with Gasteiger partial charge in [0, 0.05) is 26.2 Å². The summed E-state index contributed by atoms with van der Waals surface area (Å²) < 4.78 is 0. The quantitative estimate of drug-likeness (QED) is 0.545. The molecule has 0 unspecified atom stereocenters. The maximum absolute atomic E-state index is 10.3. The first kappa shape index (κ1) is 10.2. The van der Waals surface area contributed by atoms with E-state index in [1.807, 2.05) is 13.8 Å². The van der Waals surface area contributed by atoms with Gasteiger partial charge in [0.15, 0.2) is 0 Å². The number of hydrogen-bond acceptors (Lipinski definition) is 2. The van der Waals surface area contributed by atoms with Crippen LogP contribution in [-0.2, 0) is 0 Å². The summed E-state index contributed by atoms with van der Waals surface area (Å²) in [7, 11) is 0. The van der Waals surface area contributed by atoms with E-state index in [-0.39, 0.29) is 0 Å². The van der Waals surface area contributed by atoms with Crippen LogP contribution in [0.15, 0.2) is 0 Å². The molecule has 4 nitrogen and oxygen atoms in total. The van der Waals surface area contributed by atoms with Gasteiger partial charge >= 0.3 is 6.09 Å². The van der Waals surface area contributed by atoms with Crippen molar-refractivity contribution < 1.29 is 9.90 Å². The van der Waals surface area contributed by atoms with Gasteiger partial charge < -0.3 is 15.3 Å². The van der Waals surface area contributed by atoms with Gasteiger partial charge in [-0.25, -0.2) is 4.79 Å². The van der Waals surface area contributed by atoms with E-state index in [9.17, 15) is 4.79 Å². The predicted octanol–water partition coefficient (Wildman–Crippen LogP) is 0.596. The Morgan fingerprint density at radius 2 is 1.82 bits per heavy atom. The van der Waals surface area contributed by atoms with Crippen LogP contribution in [0.4, 0.5) is 4.79 Å². The van der Waals surface area contributed by atoms with Gasteiger partial charge in [0.25, 0.3) is 0 Å². The summed E-state index contributed by atoms with van der Waals surface area (Å²) >= 11 is 0. The van der Waals surface area contributed by atoms with Crippen LogP contribution in [0, 0.1) is 0 Å². The van der Waals surface area contributed by atoms with Crippen molar-refractivity contribution in [3.63, 3.8) is 0 Å². The van der Waals surface area contributed by atoms with Gasteiger partial charge in [-0.2, -0.15) is 0 Å². The van der Waals surface area contributed by atoms with Crippen molar-refractivity contribution in [2.45, 2.75) is 13.8 Å². The fourth-order valence-corrected chi connectivity index (χ4v) is 0.856. The molecule has 11 heavy (non-hydrogen) atoms. The summed E-state index contributed by atoms with van der Waals surface area (Å²) in [6.45, 7) is 6.81. The Hall–Kier alpha value is -0.770. The number of rotatable bonds is 0. The zero-order chi connectivity index (χ0) is 8.69. The van der Waals surface area contributed by atoms with Gasteiger partial charge in [0.1, 0.15) is 0 Å². The summed E-state index contributed by atoms with van der Waals surface area (Å²) in [6.07, 6.45) is -0.809. The number of nitrogens with zero attached hydrogens (tertiary/aromatic N) is 1. The van der Waals surface area contributed by atoms with Gasteiger partial charge in [-0.05, 0) is 0 Å². The number of carbonyl (C=O) groups is 1. The summed E-state index contributed by atoms with van der Waals surface area (Å²) in [5, 5.41) is 11.5. The van der Waals surface area contributed by atoms with E-state index in [2.05, 4.69) is 5.32 Å². The molecule has 1 fully saturated rings. The first-order valence-corrected chi connectivity index (χ1v) is 3.99. The molecular formula is C7H16N2O2. The van der Waals surface area contributed by atoms with Crippen molar-refractivity contribution in [2.75, 3.05) is 26.2 Å². The number of carboxylic acid groups (broad SMARTS) is 1. The zero-order valence-electron chi connectivity index (χ0n) is 7.13. The minimum atomic E-state index is -0.809. The second kappa shape index (κ2) is 5.97. The van der Waals surface area contributed by atoms with Crippen molar-refractivity contribution >= 4 is 6.09 Å². The molecule has 0 aliphatic carbocycles. The Morgan fingerprint density at radius 1 is 1.36 bits per heavy atom. The lowest BCUT2D eigenvalue weighted by atomic mass is 10.4. The average molecular weight is 160 g/mol. The Bertz CT molecular complexity index is 111. The Labute approximate surface area is 67.2 Å². The Kier molecular flexibility index (Phi) is 5.56. The van der Waals surface area contributed by atoms with Crippen LogP contribution in [0.25, 0.3) is 0 Å². The molecule has 0 bridgehead atoms. The van der Waals surface area contributed by atoms with E-state index in [0.717, 1.165) is 13.1 Å². The van der Waals surface area contributed by atoms with E-state index in [0.29, 0.717) is 13.1 Å². The maximum atomic E-state index is 10.3. The minimum Gasteiger partial charge on any atom is -0.465 e. The van der Waals surface area contributed by atoms with Crippen LogP contribution >= 0.6 is 0 Å². The highest BCUT2D eigenvalue weighted by molar-refractivity contribution is 5.65. The SMILES string of the molecule is CC.O=C(O)N1CCNCC1. The molecule has 2 N–H and O–H groups in total. The first-order chi connectivity index (χ1) is 5.30. The lowest BCUT2D eigenvalue weighted by molar-refractivity contribution is 0.139. The molecular weight excluding hydrogens is 144 g/mol. The maximum Gasteiger partial charge on any atom is 0.407 e. The summed E-state index contributed by atoms with van der Waals surface area (Å²) in [5.41, 5.74) is 0. The molecule has 0 aromatic rings. The van der Waals surface area contributed by atoms with E-state index in [1.54, 1.807) is 0 Å². The number of hydrogen-bond donors (Lipinski definition) is 2. The fourth-order valence-electron chi connectivity index (χ4n) is 0.856. The molecule has 1 heterocycles. The third-order valence-corrected chi connectivity index (χ3v) is 1.39. The lowest BCUT2D eigenvalue weighted by Gasteiger charge is -2.23. The Balaban J connectivity index is 0.000000461. The molecule has 1 aliphatic heterocycles. The normalized spacial score (nSPS) is 16.7. The number of piperazine rings is 1. The van der Waals surface area contributed by atoms with Gasteiger partial charge in [-0.15, -0.1) is 0 Å². The van der Waals surface area contributed by atoms with Crippen LogP contribution < -0.4 is 5.32 Å². The lowest BCUT2D eigenvalue weighted by Crippen LogP contribution is -2.45. The highest BCUT2D eigenvalue weighted by atomic mass is 16.4. The third kappa shape index (κ3) is 3.83. The highest BCUT2D eigenvalue weighted by Crippen LogP contribution is 1.90. The van der Waals surface area contributed by atoms with Gasteiger partial charge in [0.05, 0.1) is 0 Å². The van der Waals surface area contributed by atoms with Crippen molar-refractivity contribution in [3.05, 3.63) is 0 Å². The van der Waals surface area contributed by atoms with Crippen LogP contribution in [-0.4, -0.2) is 42.3 Å². The van der Waals surface area contributed by atoms with Crippen LogP contribution in [0.3, 0.4) is 0 Å². The van der Waals surface area contributed by atoms with Gasteiger partial charge in [-0.1, -0.05) is 13.8 Å². The monoisotopic (exact) mass is 160 g/mol. The van der Waals surface area contributed by atoms with E-state index in [1.165, 1.54) is 4.90 Å². The fraction of sp³-hybridized carbons (Fsp3) is 0.857. The molecule has 1 rings (SSSR count). The first-order valence-electron chi connectivity index (χ1n) is 3.99. The summed E-state index contributed by atoms with van der Waals surface area (Å²) in [5.74, 6) is 0. The molecule has 0 aromatic carbocycles. The van der Waals surface area contributed by atoms with Crippen molar-refractivity contribution in [1.29, 1.82) is 0 Å². The summed E-state index contributed by atoms with van der Waals surface area (Å²) in [6, 6.07) is 0. The summed E-state index contributed by atoms with van der Waals surface area (Å²) in [4.78, 5) is 11.7. The second-order valence-corrected chi connectivity index (χ2v) is 2.02. The predicted molar refractivity (Wildman–Crippen MR) is 43.8 cm³/mol. The standard InChI is InChI=1S/C5H10N2O2.C2H6/c8-5(9)7-3-1-6-2-4-7;1-2/h6H,1-4H2,(H,8,9);1-2H3. The van der Waals surface area contributed by atoms with Gasteiger partial charge in [-0.3, -0.25) is 0 Å². The molecule has 0 spiro atoms. The average Bonchev–Trinajstić information content (AvgIpc) is 2.10. The van der Waals surface area contributed by atoms with E-state index < -0.39 is 6.09 Å².